The Hall–Kier alpha value is -0.580. The Morgan fingerprint density at radius 2 is 1.67 bits per heavy atom. The van der Waals surface area contributed by atoms with E-state index < -0.39 is 5.54 Å². The number of hydrogen-bond acceptors (Lipinski definition) is 2. The van der Waals surface area contributed by atoms with Crippen molar-refractivity contribution in [3.8, 4) is 0 Å². The summed E-state index contributed by atoms with van der Waals surface area (Å²) in [6.45, 7) is 0. The first kappa shape index (κ1) is 16.9. The summed E-state index contributed by atoms with van der Waals surface area (Å²) in [5.41, 5.74) is 5.03. The molecule has 134 valence electrons. The van der Waals surface area contributed by atoms with Crippen LogP contribution in [0.5, 0.6) is 0 Å². The SMILES string of the molecule is NC(=O)C1(NC(=O)CC23CC4CC(CC(Br)(C4)C2)C3)CCCCC1. The van der Waals surface area contributed by atoms with Gasteiger partial charge in [-0.15, -0.1) is 0 Å². The first-order valence-corrected chi connectivity index (χ1v) is 10.4. The molecule has 4 bridgehead atoms. The van der Waals surface area contributed by atoms with Crippen LogP contribution in [0.15, 0.2) is 0 Å². The Kier molecular flexibility index (Phi) is 4.02. The third kappa shape index (κ3) is 2.91. The van der Waals surface area contributed by atoms with Crippen molar-refractivity contribution in [2.75, 3.05) is 0 Å². The quantitative estimate of drug-likeness (QED) is 0.714. The second kappa shape index (κ2) is 5.72. The van der Waals surface area contributed by atoms with Gasteiger partial charge >= 0.3 is 0 Å². The molecule has 0 spiro atoms. The Balaban J connectivity index is 1.47. The van der Waals surface area contributed by atoms with Gasteiger partial charge < -0.3 is 11.1 Å². The van der Waals surface area contributed by atoms with Crippen LogP contribution in [0.1, 0.15) is 77.0 Å². The Labute approximate surface area is 152 Å². The van der Waals surface area contributed by atoms with Crippen LogP contribution >= 0.6 is 15.9 Å². The van der Waals surface area contributed by atoms with Crippen molar-refractivity contribution >= 4 is 27.7 Å². The fourth-order valence-electron chi connectivity index (χ4n) is 6.78. The number of primary amides is 1. The van der Waals surface area contributed by atoms with Crippen LogP contribution in [0.4, 0.5) is 0 Å². The normalized spacial score (nSPS) is 42.7. The van der Waals surface area contributed by atoms with E-state index in [-0.39, 0.29) is 21.6 Å². The summed E-state index contributed by atoms with van der Waals surface area (Å²) in [6, 6.07) is 0. The first-order valence-electron chi connectivity index (χ1n) is 9.62. The molecule has 3 N–H and O–H groups in total. The number of carbonyl (C=O) groups is 2. The highest BCUT2D eigenvalue weighted by Crippen LogP contribution is 2.65. The fraction of sp³-hybridized carbons (Fsp3) is 0.895. The number of halogens is 1. The third-order valence-corrected chi connectivity index (χ3v) is 8.13. The summed E-state index contributed by atoms with van der Waals surface area (Å²) >= 11 is 4.01. The largest absolute Gasteiger partial charge is 0.368 e. The molecule has 5 aliphatic rings. The predicted molar refractivity (Wildman–Crippen MR) is 96.5 cm³/mol. The number of nitrogens with two attached hydrogens (primary N) is 1. The van der Waals surface area contributed by atoms with Crippen LogP contribution in [0.3, 0.4) is 0 Å². The summed E-state index contributed by atoms with van der Waals surface area (Å²) in [7, 11) is 0. The average Bonchev–Trinajstić information content (AvgIpc) is 2.44. The van der Waals surface area contributed by atoms with Gasteiger partial charge in [0.2, 0.25) is 11.8 Å². The van der Waals surface area contributed by atoms with Gasteiger partial charge in [0.05, 0.1) is 0 Å². The summed E-state index contributed by atoms with van der Waals surface area (Å²) in [4.78, 5) is 24.9. The van der Waals surface area contributed by atoms with E-state index in [0.29, 0.717) is 19.3 Å². The average molecular weight is 397 g/mol. The lowest BCUT2D eigenvalue weighted by molar-refractivity contribution is -0.136. The smallest absolute Gasteiger partial charge is 0.243 e. The Morgan fingerprint density at radius 1 is 1.04 bits per heavy atom. The number of alkyl halides is 1. The van der Waals surface area contributed by atoms with Crippen LogP contribution in [0, 0.1) is 17.3 Å². The highest BCUT2D eigenvalue weighted by Gasteiger charge is 2.57. The van der Waals surface area contributed by atoms with Crippen LogP contribution in [0.2, 0.25) is 0 Å². The Bertz CT molecular complexity index is 542. The van der Waals surface area contributed by atoms with Crippen molar-refractivity contribution < 1.29 is 9.59 Å². The van der Waals surface area contributed by atoms with E-state index in [1.807, 2.05) is 0 Å². The van der Waals surface area contributed by atoms with E-state index >= 15 is 0 Å². The Morgan fingerprint density at radius 3 is 2.21 bits per heavy atom. The molecule has 0 aromatic carbocycles. The minimum Gasteiger partial charge on any atom is -0.368 e. The summed E-state index contributed by atoms with van der Waals surface area (Å²) < 4.78 is 0.267. The highest BCUT2D eigenvalue weighted by atomic mass is 79.9. The molecule has 0 aromatic rings. The maximum absolute atomic E-state index is 12.9. The minimum absolute atomic E-state index is 0.0498. The predicted octanol–water partition coefficient (Wildman–Crippen LogP) is 3.41. The zero-order valence-corrected chi connectivity index (χ0v) is 16.0. The first-order chi connectivity index (χ1) is 11.3. The molecule has 0 saturated heterocycles. The number of rotatable bonds is 4. The summed E-state index contributed by atoms with van der Waals surface area (Å²) in [5, 5.41) is 3.09. The number of nitrogens with one attached hydrogen (secondary N) is 1. The summed E-state index contributed by atoms with van der Waals surface area (Å²) in [5.74, 6) is 1.25. The van der Waals surface area contributed by atoms with Crippen LogP contribution in [0.25, 0.3) is 0 Å². The van der Waals surface area contributed by atoms with Gasteiger partial charge in [-0.25, -0.2) is 0 Å². The third-order valence-electron chi connectivity index (χ3n) is 7.20. The van der Waals surface area contributed by atoms with E-state index in [1.54, 1.807) is 0 Å². The van der Waals surface area contributed by atoms with Crippen LogP contribution in [-0.4, -0.2) is 21.7 Å². The van der Waals surface area contributed by atoms with E-state index in [9.17, 15) is 9.59 Å². The molecule has 5 fully saturated rings. The van der Waals surface area contributed by atoms with E-state index in [2.05, 4.69) is 21.2 Å². The molecule has 0 radical (unpaired) electrons. The van der Waals surface area contributed by atoms with E-state index in [0.717, 1.165) is 37.5 Å². The maximum Gasteiger partial charge on any atom is 0.243 e. The molecular weight excluding hydrogens is 368 g/mol. The second-order valence-electron chi connectivity index (χ2n) is 9.34. The molecule has 24 heavy (non-hydrogen) atoms. The van der Waals surface area contributed by atoms with Gasteiger partial charge in [-0.05, 0) is 68.6 Å². The summed E-state index contributed by atoms with van der Waals surface area (Å²) in [6.07, 6.45) is 12.5. The standard InChI is InChI=1S/C19H29BrN2O2/c20-18-9-13-6-14(10-18)8-17(7-13,12-18)11-15(23)22-19(16(21)24)4-2-1-3-5-19/h13-14H,1-12H2,(H2,21,24)(H,22,23). The number of carbonyl (C=O) groups excluding carboxylic acids is 2. The molecule has 5 aliphatic carbocycles. The monoisotopic (exact) mass is 396 g/mol. The molecule has 2 unspecified atom stereocenters. The van der Waals surface area contributed by atoms with Crippen molar-refractivity contribution in [2.24, 2.45) is 23.0 Å². The van der Waals surface area contributed by atoms with Crippen molar-refractivity contribution in [1.29, 1.82) is 0 Å². The van der Waals surface area contributed by atoms with Crippen LogP contribution < -0.4 is 11.1 Å². The number of hydrogen-bond donors (Lipinski definition) is 2. The van der Waals surface area contributed by atoms with Crippen molar-refractivity contribution in [1.82, 2.24) is 5.32 Å². The van der Waals surface area contributed by atoms with E-state index in [4.69, 9.17) is 5.73 Å². The van der Waals surface area contributed by atoms with Gasteiger partial charge in [0.1, 0.15) is 5.54 Å². The highest BCUT2D eigenvalue weighted by molar-refractivity contribution is 9.10. The molecule has 0 aromatic heterocycles. The van der Waals surface area contributed by atoms with Gasteiger partial charge in [-0.3, -0.25) is 9.59 Å². The molecule has 5 saturated carbocycles. The molecule has 5 heteroatoms. The molecule has 2 amide bonds. The maximum atomic E-state index is 12.9. The molecule has 0 heterocycles. The van der Waals surface area contributed by atoms with Gasteiger partial charge in [-0.2, -0.15) is 0 Å². The lowest BCUT2D eigenvalue weighted by Gasteiger charge is -2.60. The van der Waals surface area contributed by atoms with Gasteiger partial charge in [0.25, 0.3) is 0 Å². The fourth-order valence-corrected chi connectivity index (χ4v) is 8.29. The zero-order chi connectivity index (χ0) is 17.0. The number of amides is 2. The topological polar surface area (TPSA) is 72.2 Å². The lowest BCUT2D eigenvalue weighted by atomic mass is 9.48. The molecule has 5 rings (SSSR count). The van der Waals surface area contributed by atoms with Crippen molar-refractivity contribution in [2.45, 2.75) is 86.9 Å². The molecular formula is C19H29BrN2O2. The van der Waals surface area contributed by atoms with Crippen molar-refractivity contribution in [3.05, 3.63) is 0 Å². The van der Waals surface area contributed by atoms with Gasteiger partial charge in [-0.1, -0.05) is 35.2 Å². The zero-order valence-electron chi connectivity index (χ0n) is 14.4. The van der Waals surface area contributed by atoms with Crippen molar-refractivity contribution in [3.63, 3.8) is 0 Å². The van der Waals surface area contributed by atoms with Crippen LogP contribution in [-0.2, 0) is 9.59 Å². The lowest BCUT2D eigenvalue weighted by Crippen LogP contribution is -2.60. The van der Waals surface area contributed by atoms with Gasteiger partial charge in [0.15, 0.2) is 0 Å². The van der Waals surface area contributed by atoms with E-state index in [1.165, 1.54) is 32.1 Å². The molecule has 4 nitrogen and oxygen atoms in total. The molecule has 2 atom stereocenters. The second-order valence-corrected chi connectivity index (χ2v) is 11.0. The minimum atomic E-state index is -0.788. The molecule has 0 aliphatic heterocycles. The van der Waals surface area contributed by atoms with Gasteiger partial charge in [0, 0.05) is 10.7 Å².